The van der Waals surface area contributed by atoms with Crippen LogP contribution in [0.1, 0.15) is 40.0 Å². The fraction of sp³-hybridized carbons (Fsp3) is 0.667. The summed E-state index contributed by atoms with van der Waals surface area (Å²) in [7, 11) is 0. The van der Waals surface area contributed by atoms with Crippen molar-refractivity contribution < 1.29 is 9.59 Å². The lowest BCUT2D eigenvalue weighted by Crippen LogP contribution is -2.30. The molecule has 3 heteroatoms. The Labute approximate surface area is 91.1 Å². The van der Waals surface area contributed by atoms with Crippen molar-refractivity contribution in [2.45, 2.75) is 40.0 Å². The largest absolute Gasteiger partial charge is 0.275 e. The molecule has 0 saturated carbocycles. The molecule has 0 unspecified atom stereocenters. The van der Waals surface area contributed by atoms with Crippen molar-refractivity contribution in [3.8, 4) is 0 Å². The molecular weight excluding hydrogens is 190 g/mol. The van der Waals surface area contributed by atoms with Gasteiger partial charge in [0.25, 0.3) is 11.8 Å². The predicted octanol–water partition coefficient (Wildman–Crippen LogP) is 2.13. The van der Waals surface area contributed by atoms with Crippen molar-refractivity contribution in [3.63, 3.8) is 0 Å². The van der Waals surface area contributed by atoms with Gasteiger partial charge in [-0.1, -0.05) is 27.2 Å². The summed E-state index contributed by atoms with van der Waals surface area (Å²) in [5.74, 6) is -0.341. The van der Waals surface area contributed by atoms with Gasteiger partial charge >= 0.3 is 0 Å². The number of imide groups is 1. The molecule has 0 aromatic heterocycles. The van der Waals surface area contributed by atoms with Crippen LogP contribution in [0.25, 0.3) is 0 Å². The summed E-state index contributed by atoms with van der Waals surface area (Å²) in [6.07, 6.45) is 5.76. The summed E-state index contributed by atoms with van der Waals surface area (Å²) in [5.41, 5.74) is 0.331. The molecule has 84 valence electrons. The average Bonchev–Trinajstić information content (AvgIpc) is 2.40. The Bertz CT molecular complexity index is 268. The van der Waals surface area contributed by atoms with Crippen LogP contribution in [-0.2, 0) is 9.59 Å². The lowest BCUT2D eigenvalue weighted by atomic mass is 9.90. The van der Waals surface area contributed by atoms with Crippen LogP contribution in [0.3, 0.4) is 0 Å². The number of rotatable bonds is 4. The molecule has 1 aliphatic rings. The number of carbonyl (C=O) groups excluding carboxylic acids is 2. The van der Waals surface area contributed by atoms with Crippen LogP contribution in [0.2, 0.25) is 0 Å². The summed E-state index contributed by atoms with van der Waals surface area (Å²) in [6.45, 7) is 7.14. The lowest BCUT2D eigenvalue weighted by Gasteiger charge is -2.19. The van der Waals surface area contributed by atoms with Gasteiger partial charge in [0.15, 0.2) is 0 Å². The first-order valence-corrected chi connectivity index (χ1v) is 5.44. The highest BCUT2D eigenvalue weighted by molar-refractivity contribution is 6.12. The first-order chi connectivity index (χ1) is 6.90. The molecule has 0 aliphatic carbocycles. The molecule has 0 fully saturated rings. The first kappa shape index (κ1) is 12.0. The maximum atomic E-state index is 11.2. The van der Waals surface area contributed by atoms with Crippen molar-refractivity contribution >= 4 is 11.8 Å². The normalized spacial score (nSPS) is 16.6. The number of hydrogen-bond donors (Lipinski definition) is 0. The van der Waals surface area contributed by atoms with Gasteiger partial charge in [0.2, 0.25) is 0 Å². The SMILES string of the molecule is CC(C)(C)CCCCN1C(=O)C=CC1=O. The smallest absolute Gasteiger partial charge is 0.253 e. The van der Waals surface area contributed by atoms with E-state index in [4.69, 9.17) is 0 Å². The highest BCUT2D eigenvalue weighted by Crippen LogP contribution is 2.21. The van der Waals surface area contributed by atoms with Gasteiger partial charge < -0.3 is 0 Å². The van der Waals surface area contributed by atoms with Gasteiger partial charge in [-0.2, -0.15) is 0 Å². The third kappa shape index (κ3) is 3.86. The minimum Gasteiger partial charge on any atom is -0.275 e. The molecule has 0 spiro atoms. The molecule has 0 aromatic carbocycles. The highest BCUT2D eigenvalue weighted by Gasteiger charge is 2.22. The van der Waals surface area contributed by atoms with Crippen molar-refractivity contribution in [2.75, 3.05) is 6.54 Å². The second-order valence-electron chi connectivity index (χ2n) is 5.18. The maximum absolute atomic E-state index is 11.2. The van der Waals surface area contributed by atoms with Crippen LogP contribution in [-0.4, -0.2) is 23.3 Å². The summed E-state index contributed by atoms with van der Waals surface area (Å²) in [5, 5.41) is 0. The number of amides is 2. The number of carbonyl (C=O) groups is 2. The molecule has 0 aromatic rings. The molecule has 0 saturated heterocycles. The zero-order chi connectivity index (χ0) is 11.5. The minimum atomic E-state index is -0.171. The predicted molar refractivity (Wildman–Crippen MR) is 59.2 cm³/mol. The van der Waals surface area contributed by atoms with Gasteiger partial charge in [0, 0.05) is 18.7 Å². The van der Waals surface area contributed by atoms with E-state index >= 15 is 0 Å². The van der Waals surface area contributed by atoms with Crippen LogP contribution in [0.5, 0.6) is 0 Å². The van der Waals surface area contributed by atoms with Crippen molar-refractivity contribution in [3.05, 3.63) is 12.2 Å². The highest BCUT2D eigenvalue weighted by atomic mass is 16.2. The van der Waals surface area contributed by atoms with Crippen molar-refractivity contribution in [1.29, 1.82) is 0 Å². The summed E-state index contributed by atoms with van der Waals surface area (Å²) >= 11 is 0. The van der Waals surface area contributed by atoms with Crippen LogP contribution in [0.4, 0.5) is 0 Å². The molecule has 1 aliphatic heterocycles. The molecule has 1 heterocycles. The Morgan fingerprint density at radius 2 is 1.60 bits per heavy atom. The van der Waals surface area contributed by atoms with E-state index < -0.39 is 0 Å². The molecule has 3 nitrogen and oxygen atoms in total. The van der Waals surface area contributed by atoms with E-state index in [9.17, 15) is 9.59 Å². The fourth-order valence-corrected chi connectivity index (χ4v) is 1.58. The second kappa shape index (κ2) is 4.60. The van der Waals surface area contributed by atoms with Gasteiger partial charge in [0.05, 0.1) is 0 Å². The zero-order valence-corrected chi connectivity index (χ0v) is 9.75. The van der Waals surface area contributed by atoms with E-state index in [-0.39, 0.29) is 11.8 Å². The molecule has 0 radical (unpaired) electrons. The van der Waals surface area contributed by atoms with Gasteiger partial charge in [-0.15, -0.1) is 0 Å². The summed E-state index contributed by atoms with van der Waals surface area (Å²) in [6, 6.07) is 0. The van der Waals surface area contributed by atoms with E-state index in [0.29, 0.717) is 12.0 Å². The third-order valence-corrected chi connectivity index (χ3v) is 2.46. The van der Waals surface area contributed by atoms with Crippen LogP contribution in [0, 0.1) is 5.41 Å². The van der Waals surface area contributed by atoms with E-state index in [1.807, 2.05) is 0 Å². The number of unbranched alkanes of at least 4 members (excludes halogenated alkanes) is 1. The Balaban J connectivity index is 2.21. The van der Waals surface area contributed by atoms with Crippen molar-refractivity contribution in [1.82, 2.24) is 4.90 Å². The van der Waals surface area contributed by atoms with Crippen LogP contribution in [0.15, 0.2) is 12.2 Å². The topological polar surface area (TPSA) is 37.4 Å². The molecule has 0 bridgehead atoms. The van der Waals surface area contributed by atoms with E-state index in [1.165, 1.54) is 17.1 Å². The molecule has 0 atom stereocenters. The average molecular weight is 209 g/mol. The summed E-state index contributed by atoms with van der Waals surface area (Å²) in [4.78, 5) is 23.7. The summed E-state index contributed by atoms with van der Waals surface area (Å²) < 4.78 is 0. The van der Waals surface area contributed by atoms with Gasteiger partial charge in [0.1, 0.15) is 0 Å². The Morgan fingerprint density at radius 1 is 1.07 bits per heavy atom. The van der Waals surface area contributed by atoms with E-state index in [2.05, 4.69) is 20.8 Å². The van der Waals surface area contributed by atoms with Gasteiger partial charge in [-0.3, -0.25) is 14.5 Å². The molecule has 15 heavy (non-hydrogen) atoms. The van der Waals surface area contributed by atoms with E-state index in [0.717, 1.165) is 19.3 Å². The standard InChI is InChI=1S/C12H19NO2/c1-12(2,3)8-4-5-9-13-10(14)6-7-11(13)15/h6-7H,4-5,8-9H2,1-3H3. The molecular formula is C12H19NO2. The quantitative estimate of drug-likeness (QED) is 0.525. The molecule has 1 rings (SSSR count). The third-order valence-electron chi connectivity index (χ3n) is 2.46. The Hall–Kier alpha value is -1.12. The molecule has 0 N–H and O–H groups in total. The lowest BCUT2D eigenvalue weighted by molar-refractivity contribution is -0.136. The minimum absolute atomic E-state index is 0.171. The Kier molecular flexibility index (Phi) is 3.66. The second-order valence-corrected chi connectivity index (χ2v) is 5.18. The van der Waals surface area contributed by atoms with Gasteiger partial charge in [-0.05, 0) is 18.3 Å². The fourth-order valence-electron chi connectivity index (χ4n) is 1.58. The molecule has 2 amide bonds. The number of hydrogen-bond acceptors (Lipinski definition) is 2. The van der Waals surface area contributed by atoms with Gasteiger partial charge in [-0.25, -0.2) is 0 Å². The van der Waals surface area contributed by atoms with E-state index in [1.54, 1.807) is 0 Å². The number of nitrogens with zero attached hydrogens (tertiary/aromatic N) is 1. The van der Waals surface area contributed by atoms with Crippen LogP contribution < -0.4 is 0 Å². The maximum Gasteiger partial charge on any atom is 0.253 e. The Morgan fingerprint density at radius 3 is 2.07 bits per heavy atom. The zero-order valence-electron chi connectivity index (χ0n) is 9.75. The van der Waals surface area contributed by atoms with Crippen molar-refractivity contribution in [2.24, 2.45) is 5.41 Å². The first-order valence-electron chi connectivity index (χ1n) is 5.44. The monoisotopic (exact) mass is 209 g/mol. The van der Waals surface area contributed by atoms with Crippen LogP contribution >= 0.6 is 0 Å².